The van der Waals surface area contributed by atoms with Crippen LogP contribution in [-0.4, -0.2) is 45.1 Å². The number of benzene rings is 1. The van der Waals surface area contributed by atoms with E-state index in [1.165, 1.54) is 32.1 Å². The maximum atomic E-state index is 12.3. The van der Waals surface area contributed by atoms with E-state index < -0.39 is 0 Å². The van der Waals surface area contributed by atoms with Gasteiger partial charge in [0.15, 0.2) is 5.16 Å². The number of thioether (sulfide) groups is 1. The number of rotatable bonds is 9. The molecule has 0 unspecified atom stereocenters. The van der Waals surface area contributed by atoms with Gasteiger partial charge in [-0.15, -0.1) is 10.2 Å². The summed E-state index contributed by atoms with van der Waals surface area (Å²) in [4.78, 5) is 16.4. The highest BCUT2D eigenvalue weighted by molar-refractivity contribution is 7.99. The third-order valence-corrected chi connectivity index (χ3v) is 6.90. The standard InChI is InChI=1S/C24H29N5O2S/c1-31-20-12-10-19(11-13-20)29-22(14-16-26-23(30)21-9-5-6-15-25-21)27-28-24(29)32-17-18-7-3-2-4-8-18/h5-6,9-13,15,18H,2-4,7-8,14,16-17H2,1H3,(H,26,30). The minimum atomic E-state index is -0.187. The molecule has 8 heteroatoms. The summed E-state index contributed by atoms with van der Waals surface area (Å²) in [6, 6.07) is 13.2. The summed E-state index contributed by atoms with van der Waals surface area (Å²) in [5.41, 5.74) is 1.40. The van der Waals surface area contributed by atoms with Gasteiger partial charge in [0.25, 0.3) is 5.91 Å². The first kappa shape index (κ1) is 22.3. The number of carbonyl (C=O) groups excluding carboxylic acids is 1. The molecule has 0 saturated heterocycles. The molecular weight excluding hydrogens is 422 g/mol. The Morgan fingerprint density at radius 3 is 2.66 bits per heavy atom. The number of aromatic nitrogens is 4. The summed E-state index contributed by atoms with van der Waals surface area (Å²) in [6.45, 7) is 0.455. The lowest BCUT2D eigenvalue weighted by atomic mass is 9.91. The lowest BCUT2D eigenvalue weighted by Gasteiger charge is -2.20. The smallest absolute Gasteiger partial charge is 0.269 e. The minimum absolute atomic E-state index is 0.187. The van der Waals surface area contributed by atoms with E-state index in [4.69, 9.17) is 4.74 Å². The van der Waals surface area contributed by atoms with Crippen LogP contribution in [0.25, 0.3) is 5.69 Å². The van der Waals surface area contributed by atoms with E-state index in [1.54, 1.807) is 43.3 Å². The van der Waals surface area contributed by atoms with Crippen molar-refractivity contribution in [2.45, 2.75) is 43.7 Å². The average molecular weight is 452 g/mol. The van der Waals surface area contributed by atoms with Gasteiger partial charge in [-0.3, -0.25) is 14.3 Å². The molecule has 1 aromatic carbocycles. The maximum Gasteiger partial charge on any atom is 0.269 e. The number of nitrogens with zero attached hydrogens (tertiary/aromatic N) is 4. The summed E-state index contributed by atoms with van der Waals surface area (Å²) < 4.78 is 7.41. The van der Waals surface area contributed by atoms with Gasteiger partial charge in [0, 0.05) is 30.6 Å². The van der Waals surface area contributed by atoms with E-state index >= 15 is 0 Å². The lowest BCUT2D eigenvalue weighted by molar-refractivity contribution is 0.0949. The van der Waals surface area contributed by atoms with E-state index in [9.17, 15) is 4.79 Å². The monoisotopic (exact) mass is 451 g/mol. The van der Waals surface area contributed by atoms with Crippen molar-refractivity contribution in [3.8, 4) is 11.4 Å². The van der Waals surface area contributed by atoms with Crippen LogP contribution in [0.3, 0.4) is 0 Å². The van der Waals surface area contributed by atoms with Crippen LogP contribution in [0.15, 0.2) is 53.8 Å². The fourth-order valence-corrected chi connectivity index (χ4v) is 5.12. The van der Waals surface area contributed by atoms with E-state index in [1.807, 2.05) is 24.3 Å². The molecule has 1 saturated carbocycles. The van der Waals surface area contributed by atoms with Crippen LogP contribution < -0.4 is 10.1 Å². The van der Waals surface area contributed by atoms with Gasteiger partial charge < -0.3 is 10.1 Å². The molecule has 0 radical (unpaired) electrons. The summed E-state index contributed by atoms with van der Waals surface area (Å²) in [6.07, 6.45) is 8.81. The Balaban J connectivity index is 1.47. The van der Waals surface area contributed by atoms with Gasteiger partial charge in [-0.05, 0) is 55.2 Å². The van der Waals surface area contributed by atoms with Crippen molar-refractivity contribution in [2.24, 2.45) is 5.92 Å². The number of pyridine rings is 1. The first-order valence-corrected chi connectivity index (χ1v) is 12.1. The predicted octanol–water partition coefficient (Wildman–Crippen LogP) is 4.32. The van der Waals surface area contributed by atoms with Gasteiger partial charge in [0.2, 0.25) is 0 Å². The third-order valence-electron chi connectivity index (χ3n) is 5.74. The number of methoxy groups -OCH3 is 1. The normalized spacial score (nSPS) is 14.3. The Bertz CT molecular complexity index is 1000. The van der Waals surface area contributed by atoms with Crippen LogP contribution in [0.4, 0.5) is 0 Å². The van der Waals surface area contributed by atoms with Crippen LogP contribution in [0.5, 0.6) is 5.75 Å². The van der Waals surface area contributed by atoms with Crippen molar-refractivity contribution in [3.05, 3.63) is 60.2 Å². The Morgan fingerprint density at radius 1 is 1.12 bits per heavy atom. The highest BCUT2D eigenvalue weighted by Gasteiger charge is 2.19. The first-order chi connectivity index (χ1) is 15.7. The fraction of sp³-hybridized carbons (Fsp3) is 0.417. The van der Waals surface area contributed by atoms with Gasteiger partial charge in [0.05, 0.1) is 7.11 Å². The van der Waals surface area contributed by atoms with Gasteiger partial charge in [-0.25, -0.2) is 0 Å². The molecule has 3 aromatic rings. The second-order valence-corrected chi connectivity index (χ2v) is 8.96. The molecule has 4 rings (SSSR count). The van der Waals surface area contributed by atoms with Gasteiger partial charge in [-0.2, -0.15) is 0 Å². The van der Waals surface area contributed by atoms with Crippen LogP contribution in [-0.2, 0) is 6.42 Å². The zero-order valence-electron chi connectivity index (χ0n) is 18.4. The zero-order chi connectivity index (χ0) is 22.2. The van der Waals surface area contributed by atoms with Crippen molar-refractivity contribution < 1.29 is 9.53 Å². The largest absolute Gasteiger partial charge is 0.497 e. The molecule has 1 N–H and O–H groups in total. The Morgan fingerprint density at radius 2 is 1.94 bits per heavy atom. The van der Waals surface area contributed by atoms with Gasteiger partial charge in [0.1, 0.15) is 17.3 Å². The molecule has 0 atom stereocenters. The van der Waals surface area contributed by atoms with Crippen LogP contribution in [0.2, 0.25) is 0 Å². The minimum Gasteiger partial charge on any atom is -0.497 e. The second-order valence-electron chi connectivity index (χ2n) is 7.97. The van der Waals surface area contributed by atoms with E-state index in [-0.39, 0.29) is 5.91 Å². The average Bonchev–Trinajstić information content (AvgIpc) is 3.26. The van der Waals surface area contributed by atoms with E-state index in [0.29, 0.717) is 18.7 Å². The number of hydrogen-bond acceptors (Lipinski definition) is 6. The second kappa shape index (κ2) is 11.1. The number of amides is 1. The molecule has 1 fully saturated rings. The molecule has 0 bridgehead atoms. The highest BCUT2D eigenvalue weighted by Crippen LogP contribution is 2.31. The number of ether oxygens (including phenoxy) is 1. The molecule has 7 nitrogen and oxygen atoms in total. The predicted molar refractivity (Wildman–Crippen MR) is 125 cm³/mol. The van der Waals surface area contributed by atoms with Crippen molar-refractivity contribution >= 4 is 17.7 Å². The van der Waals surface area contributed by atoms with Gasteiger partial charge >= 0.3 is 0 Å². The quantitative estimate of drug-likeness (QED) is 0.488. The van der Waals surface area contributed by atoms with E-state index in [0.717, 1.165) is 34.1 Å². The Kier molecular flexibility index (Phi) is 7.77. The van der Waals surface area contributed by atoms with Crippen molar-refractivity contribution in [3.63, 3.8) is 0 Å². The molecule has 1 amide bonds. The van der Waals surface area contributed by atoms with Crippen molar-refractivity contribution in [1.29, 1.82) is 0 Å². The van der Waals surface area contributed by atoms with Crippen LogP contribution in [0, 0.1) is 5.92 Å². The lowest BCUT2D eigenvalue weighted by Crippen LogP contribution is -2.27. The molecule has 1 aliphatic carbocycles. The topological polar surface area (TPSA) is 81.9 Å². The third kappa shape index (κ3) is 5.68. The van der Waals surface area contributed by atoms with Crippen LogP contribution >= 0.6 is 11.8 Å². The molecule has 0 aliphatic heterocycles. The SMILES string of the molecule is COc1ccc(-n2c(CCNC(=O)c3ccccn3)nnc2SCC2CCCCC2)cc1. The molecule has 32 heavy (non-hydrogen) atoms. The number of hydrogen-bond donors (Lipinski definition) is 1. The number of carbonyl (C=O) groups is 1. The van der Waals surface area contributed by atoms with Crippen LogP contribution in [0.1, 0.15) is 48.4 Å². The summed E-state index contributed by atoms with van der Waals surface area (Å²) in [5.74, 6) is 3.25. The Labute approximate surface area is 193 Å². The summed E-state index contributed by atoms with van der Waals surface area (Å²) >= 11 is 1.78. The molecule has 2 aromatic heterocycles. The molecule has 1 aliphatic rings. The molecule has 0 spiro atoms. The highest BCUT2D eigenvalue weighted by atomic mass is 32.2. The maximum absolute atomic E-state index is 12.3. The molecule has 2 heterocycles. The molecular formula is C24H29N5O2S. The first-order valence-electron chi connectivity index (χ1n) is 11.2. The van der Waals surface area contributed by atoms with Gasteiger partial charge in [-0.1, -0.05) is 37.1 Å². The fourth-order valence-electron chi connectivity index (χ4n) is 3.97. The van der Waals surface area contributed by atoms with E-state index in [2.05, 4.69) is 25.1 Å². The zero-order valence-corrected chi connectivity index (χ0v) is 19.2. The number of nitrogens with one attached hydrogen (secondary N) is 1. The Hall–Kier alpha value is -2.87. The van der Waals surface area contributed by atoms with Crippen molar-refractivity contribution in [2.75, 3.05) is 19.4 Å². The summed E-state index contributed by atoms with van der Waals surface area (Å²) in [5, 5.41) is 12.8. The molecule has 168 valence electrons. The van der Waals surface area contributed by atoms with Crippen molar-refractivity contribution in [1.82, 2.24) is 25.1 Å². The summed E-state index contributed by atoms with van der Waals surface area (Å²) in [7, 11) is 1.66.